The molecule has 0 aromatic carbocycles. The topological polar surface area (TPSA) is 20.3 Å². The van der Waals surface area contributed by atoms with Gasteiger partial charge in [-0.2, -0.15) is 0 Å². The van der Waals surface area contributed by atoms with Crippen molar-refractivity contribution in [3.63, 3.8) is 0 Å². The van der Waals surface area contributed by atoms with Gasteiger partial charge in [-0.05, 0) is 7.05 Å². The van der Waals surface area contributed by atoms with Gasteiger partial charge in [-0.1, -0.05) is 23.5 Å². The summed E-state index contributed by atoms with van der Waals surface area (Å²) in [5.41, 5.74) is -0.389. The molecule has 1 aliphatic rings. The van der Waals surface area contributed by atoms with Crippen LogP contribution >= 0.6 is 23.5 Å². The summed E-state index contributed by atoms with van der Waals surface area (Å²) in [5.74, 6) is 0.643. The molecule has 1 unspecified atom stereocenters. The predicted molar refractivity (Wildman–Crippen MR) is 34.9 cm³/mol. The highest BCUT2D eigenvalue weighted by atomic mass is 35.5. The monoisotopic (exact) mass is 151 g/mol. The van der Waals surface area contributed by atoms with Crippen LogP contribution in [0.3, 0.4) is 0 Å². The Labute approximate surface area is 57.3 Å². The molecule has 0 amide bonds. The average molecular weight is 152 g/mol. The van der Waals surface area contributed by atoms with E-state index in [1.807, 2.05) is 7.05 Å². The van der Waals surface area contributed by atoms with Crippen molar-refractivity contribution < 1.29 is 4.79 Å². The third kappa shape index (κ3) is 0.989. The molecule has 0 aromatic heterocycles. The van der Waals surface area contributed by atoms with Crippen LogP contribution in [0, 0.1) is 0 Å². The molecule has 0 N–H and O–H groups in total. The Hall–Kier alpha value is 0.270. The molecule has 2 nitrogen and oxygen atoms in total. The Balaban J connectivity index is 2.56. The van der Waals surface area contributed by atoms with Crippen LogP contribution < -0.4 is 0 Å². The Kier molecular flexibility index (Phi) is 1.80. The first-order valence-corrected chi connectivity index (χ1v) is 3.62. The largest absolute Gasteiger partial charge is 0.295 e. The fourth-order valence-corrected chi connectivity index (χ4v) is 1.58. The van der Waals surface area contributed by atoms with E-state index in [0.29, 0.717) is 5.75 Å². The van der Waals surface area contributed by atoms with Crippen LogP contribution in [0.5, 0.6) is 0 Å². The smallest absolute Gasteiger partial charge is 0.177 e. The third-order valence-corrected chi connectivity index (χ3v) is 2.68. The molecule has 0 aliphatic carbocycles. The molecule has 0 aromatic rings. The molecular weight excluding hydrogens is 146 g/mol. The highest BCUT2D eigenvalue weighted by Crippen LogP contribution is 2.23. The summed E-state index contributed by atoms with van der Waals surface area (Å²) < 4.78 is 1.75. The summed E-state index contributed by atoms with van der Waals surface area (Å²) in [6.45, 7) is 0. The molecule has 1 fully saturated rings. The maximum absolute atomic E-state index is 10.6. The molecule has 8 heavy (non-hydrogen) atoms. The second-order valence-electron chi connectivity index (χ2n) is 1.62. The summed E-state index contributed by atoms with van der Waals surface area (Å²) >= 11 is 7.03. The van der Waals surface area contributed by atoms with Crippen molar-refractivity contribution in [2.75, 3.05) is 12.8 Å². The molecule has 0 spiro atoms. The van der Waals surface area contributed by atoms with Gasteiger partial charge in [0.15, 0.2) is 11.3 Å². The lowest BCUT2D eigenvalue weighted by atomic mass is 10.4. The first-order chi connectivity index (χ1) is 3.72. The van der Waals surface area contributed by atoms with Gasteiger partial charge in [-0.3, -0.25) is 4.79 Å². The normalized spacial score (nSPS) is 31.8. The SMILES string of the molecule is CN1SCC(=O)C1Cl. The number of likely N-dealkylation sites (N-methyl/N-ethyl adjacent to an activating group) is 1. The highest BCUT2D eigenvalue weighted by Gasteiger charge is 2.27. The van der Waals surface area contributed by atoms with Crippen molar-refractivity contribution in [3.05, 3.63) is 0 Å². The minimum atomic E-state index is -0.389. The van der Waals surface area contributed by atoms with Crippen LogP contribution in [0.4, 0.5) is 0 Å². The van der Waals surface area contributed by atoms with E-state index in [4.69, 9.17) is 11.6 Å². The first-order valence-electron chi connectivity index (χ1n) is 2.24. The van der Waals surface area contributed by atoms with E-state index in [9.17, 15) is 4.79 Å². The van der Waals surface area contributed by atoms with Gasteiger partial charge < -0.3 is 0 Å². The van der Waals surface area contributed by atoms with E-state index < -0.39 is 0 Å². The van der Waals surface area contributed by atoms with E-state index >= 15 is 0 Å². The van der Waals surface area contributed by atoms with Crippen molar-refractivity contribution in [1.82, 2.24) is 4.31 Å². The number of carbonyl (C=O) groups is 1. The number of ketones is 1. The summed E-state index contributed by atoms with van der Waals surface area (Å²) in [4.78, 5) is 10.6. The van der Waals surface area contributed by atoms with Crippen molar-refractivity contribution in [2.45, 2.75) is 5.50 Å². The summed E-state index contributed by atoms with van der Waals surface area (Å²) in [6.07, 6.45) is 0. The minimum Gasteiger partial charge on any atom is -0.295 e. The van der Waals surface area contributed by atoms with Gasteiger partial charge in [0, 0.05) is 0 Å². The second kappa shape index (κ2) is 2.25. The lowest BCUT2D eigenvalue weighted by molar-refractivity contribution is -0.116. The van der Waals surface area contributed by atoms with Crippen molar-refractivity contribution >= 4 is 29.3 Å². The van der Waals surface area contributed by atoms with Crippen LogP contribution in [0.2, 0.25) is 0 Å². The molecule has 46 valence electrons. The lowest BCUT2D eigenvalue weighted by Crippen LogP contribution is -2.20. The molecule has 1 rings (SSSR count). The first kappa shape index (κ1) is 6.39. The molecule has 1 aliphatic heterocycles. The van der Waals surface area contributed by atoms with E-state index in [1.54, 1.807) is 4.31 Å². The van der Waals surface area contributed by atoms with Crippen molar-refractivity contribution in [2.24, 2.45) is 0 Å². The summed E-state index contributed by atoms with van der Waals surface area (Å²) in [7, 11) is 1.81. The fourth-order valence-electron chi connectivity index (χ4n) is 0.502. The molecular formula is C4H6ClNOS. The Morgan fingerprint density at radius 1 is 2.00 bits per heavy atom. The number of rotatable bonds is 0. The van der Waals surface area contributed by atoms with Crippen molar-refractivity contribution in [3.8, 4) is 0 Å². The summed E-state index contributed by atoms with van der Waals surface area (Å²) in [6, 6.07) is 0. The zero-order chi connectivity index (χ0) is 6.15. The fraction of sp³-hybridized carbons (Fsp3) is 0.750. The number of Topliss-reactive ketones (excluding diaryl/α,β-unsaturated/α-hetero) is 1. The molecule has 4 heteroatoms. The maximum atomic E-state index is 10.6. The maximum Gasteiger partial charge on any atom is 0.177 e. The second-order valence-corrected chi connectivity index (χ2v) is 3.16. The number of halogens is 1. The van der Waals surface area contributed by atoms with Gasteiger partial charge in [0.2, 0.25) is 0 Å². The van der Waals surface area contributed by atoms with E-state index in [0.717, 1.165) is 0 Å². The van der Waals surface area contributed by atoms with Crippen LogP contribution in [0.1, 0.15) is 0 Å². The molecule has 0 saturated carbocycles. The van der Waals surface area contributed by atoms with Gasteiger partial charge >= 0.3 is 0 Å². The van der Waals surface area contributed by atoms with Crippen LogP contribution in [0.25, 0.3) is 0 Å². The Bertz CT molecular complexity index is 119. The van der Waals surface area contributed by atoms with E-state index in [1.165, 1.54) is 11.9 Å². The number of nitrogens with zero attached hydrogens (tertiary/aromatic N) is 1. The highest BCUT2D eigenvalue weighted by molar-refractivity contribution is 7.98. The van der Waals surface area contributed by atoms with Gasteiger partial charge in [0.05, 0.1) is 5.75 Å². The van der Waals surface area contributed by atoms with Gasteiger partial charge in [-0.25, -0.2) is 4.31 Å². The summed E-state index contributed by atoms with van der Waals surface area (Å²) in [5, 5.41) is 0. The third-order valence-electron chi connectivity index (χ3n) is 0.995. The van der Waals surface area contributed by atoms with Gasteiger partial charge in [-0.15, -0.1) is 0 Å². The predicted octanol–water partition coefficient (Wildman–Crippen LogP) is 0.714. The Morgan fingerprint density at radius 2 is 2.62 bits per heavy atom. The number of hydrogen-bond donors (Lipinski definition) is 0. The standard InChI is InChI=1S/C4H6ClNOS/c1-6-4(5)3(7)2-8-6/h4H,2H2,1H3. The molecule has 1 saturated heterocycles. The van der Waals surface area contributed by atoms with Crippen LogP contribution in [-0.2, 0) is 4.79 Å². The number of alkyl halides is 1. The Morgan fingerprint density at radius 3 is 2.75 bits per heavy atom. The van der Waals surface area contributed by atoms with E-state index in [2.05, 4.69) is 0 Å². The molecule has 0 bridgehead atoms. The molecule has 1 heterocycles. The van der Waals surface area contributed by atoms with Crippen LogP contribution in [0.15, 0.2) is 0 Å². The lowest BCUT2D eigenvalue weighted by Gasteiger charge is -2.06. The van der Waals surface area contributed by atoms with Crippen LogP contribution in [-0.4, -0.2) is 28.4 Å². The molecule has 1 atom stereocenters. The number of carbonyl (C=O) groups excluding carboxylic acids is 1. The zero-order valence-electron chi connectivity index (χ0n) is 4.43. The quantitative estimate of drug-likeness (QED) is 0.289. The van der Waals surface area contributed by atoms with E-state index in [-0.39, 0.29) is 11.3 Å². The van der Waals surface area contributed by atoms with Crippen molar-refractivity contribution in [1.29, 1.82) is 0 Å². The molecule has 0 radical (unpaired) electrons. The minimum absolute atomic E-state index is 0.110. The zero-order valence-corrected chi connectivity index (χ0v) is 6.00. The van der Waals surface area contributed by atoms with Gasteiger partial charge in [0.25, 0.3) is 0 Å². The van der Waals surface area contributed by atoms with Gasteiger partial charge in [0.1, 0.15) is 0 Å². The number of hydrogen-bond acceptors (Lipinski definition) is 3. The average Bonchev–Trinajstić information content (AvgIpc) is 1.98.